The topological polar surface area (TPSA) is 71.6 Å². The van der Waals surface area contributed by atoms with E-state index in [0.717, 1.165) is 36.6 Å². The summed E-state index contributed by atoms with van der Waals surface area (Å²) >= 11 is 5.96. The monoisotopic (exact) mass is 376 g/mol. The number of benzene rings is 1. The van der Waals surface area contributed by atoms with Crippen molar-refractivity contribution in [3.05, 3.63) is 35.0 Å². The third-order valence-corrected chi connectivity index (χ3v) is 5.42. The molecule has 0 radical (unpaired) electrons. The van der Waals surface area contributed by atoms with Gasteiger partial charge < -0.3 is 19.4 Å². The Bertz CT molecular complexity index is 832. The van der Waals surface area contributed by atoms with Crippen LogP contribution in [0.1, 0.15) is 36.2 Å². The number of amides is 1. The van der Waals surface area contributed by atoms with Crippen molar-refractivity contribution < 1.29 is 19.1 Å². The molecule has 2 aliphatic rings. The lowest BCUT2D eigenvalue weighted by atomic mass is 9.90. The Morgan fingerprint density at radius 1 is 1.27 bits per heavy atom. The molecule has 138 valence electrons. The van der Waals surface area contributed by atoms with Crippen LogP contribution in [0.3, 0.4) is 0 Å². The highest BCUT2D eigenvalue weighted by Crippen LogP contribution is 2.28. The second-order valence-electron chi connectivity index (χ2n) is 6.84. The minimum absolute atomic E-state index is 0.110. The second kappa shape index (κ2) is 7.29. The minimum Gasteiger partial charge on any atom is -0.451 e. The molecule has 2 fully saturated rings. The molecule has 1 aliphatic heterocycles. The number of nitrogens with zero attached hydrogens (tertiary/aromatic N) is 1. The van der Waals surface area contributed by atoms with E-state index in [4.69, 9.17) is 21.1 Å². The maximum Gasteiger partial charge on any atom is 0.355 e. The summed E-state index contributed by atoms with van der Waals surface area (Å²) in [7, 11) is 0. The molecule has 26 heavy (non-hydrogen) atoms. The van der Waals surface area contributed by atoms with Gasteiger partial charge in [0, 0.05) is 22.5 Å². The molecule has 1 amide bonds. The van der Waals surface area contributed by atoms with Crippen LogP contribution in [0.25, 0.3) is 10.9 Å². The van der Waals surface area contributed by atoms with Crippen LogP contribution in [0.4, 0.5) is 0 Å². The van der Waals surface area contributed by atoms with Gasteiger partial charge in [0.15, 0.2) is 6.61 Å². The molecule has 6 nitrogen and oxygen atoms in total. The summed E-state index contributed by atoms with van der Waals surface area (Å²) in [6.45, 7) is 0.851. The zero-order valence-corrected chi connectivity index (χ0v) is 15.1. The van der Waals surface area contributed by atoms with Crippen LogP contribution in [0, 0.1) is 0 Å². The molecule has 0 bridgehead atoms. The standard InChI is InChI=1S/C19H21ClN2O4/c20-13-5-6-14-12(9-13)10-15(21-14)19(24)26-11-18(23)22-7-8-25-17-4-2-1-3-16(17)22/h5-6,9-10,16-17,21H,1-4,7-8,11H2. The fourth-order valence-corrected chi connectivity index (χ4v) is 4.09. The highest BCUT2D eigenvalue weighted by atomic mass is 35.5. The summed E-state index contributed by atoms with van der Waals surface area (Å²) in [6.07, 6.45) is 4.31. The molecule has 1 aromatic heterocycles. The van der Waals surface area contributed by atoms with Gasteiger partial charge in [-0.2, -0.15) is 0 Å². The number of morpholine rings is 1. The number of esters is 1. The molecular weight excluding hydrogens is 356 g/mol. The zero-order chi connectivity index (χ0) is 18.1. The number of carbonyl (C=O) groups excluding carboxylic acids is 2. The molecule has 2 aromatic rings. The van der Waals surface area contributed by atoms with Crippen LogP contribution < -0.4 is 0 Å². The molecule has 7 heteroatoms. The predicted octanol–water partition coefficient (Wildman–Crippen LogP) is 3.15. The Hall–Kier alpha value is -2.05. The molecule has 1 saturated heterocycles. The summed E-state index contributed by atoms with van der Waals surface area (Å²) in [5, 5.41) is 1.43. The molecule has 4 rings (SSSR count). The predicted molar refractivity (Wildman–Crippen MR) is 97.3 cm³/mol. The van der Waals surface area contributed by atoms with Crippen molar-refractivity contribution in [2.45, 2.75) is 37.8 Å². The first-order valence-corrected chi connectivity index (χ1v) is 9.36. The van der Waals surface area contributed by atoms with Crippen LogP contribution in [-0.4, -0.2) is 53.7 Å². The number of hydrogen-bond donors (Lipinski definition) is 1. The van der Waals surface area contributed by atoms with Gasteiger partial charge in [0.25, 0.3) is 5.91 Å². The van der Waals surface area contributed by atoms with Crippen molar-refractivity contribution in [1.29, 1.82) is 0 Å². The molecule has 1 saturated carbocycles. The van der Waals surface area contributed by atoms with Gasteiger partial charge in [0.05, 0.1) is 18.8 Å². The van der Waals surface area contributed by atoms with E-state index in [-0.39, 0.29) is 24.7 Å². The fraction of sp³-hybridized carbons (Fsp3) is 0.474. The Morgan fingerprint density at radius 2 is 2.12 bits per heavy atom. The van der Waals surface area contributed by atoms with Gasteiger partial charge in [-0.3, -0.25) is 4.79 Å². The zero-order valence-electron chi connectivity index (χ0n) is 14.4. The smallest absolute Gasteiger partial charge is 0.355 e. The third-order valence-electron chi connectivity index (χ3n) is 5.18. The first kappa shape index (κ1) is 17.4. The lowest BCUT2D eigenvalue weighted by Crippen LogP contribution is -2.55. The average Bonchev–Trinajstić information content (AvgIpc) is 3.08. The average molecular weight is 377 g/mol. The number of ether oxygens (including phenoxy) is 2. The van der Waals surface area contributed by atoms with E-state index in [2.05, 4.69) is 4.98 Å². The number of aromatic amines is 1. The van der Waals surface area contributed by atoms with Crippen molar-refractivity contribution in [3.8, 4) is 0 Å². The number of hydrogen-bond acceptors (Lipinski definition) is 4. The Labute approximate surface area is 156 Å². The highest BCUT2D eigenvalue weighted by molar-refractivity contribution is 6.31. The van der Waals surface area contributed by atoms with Gasteiger partial charge in [0.1, 0.15) is 5.69 Å². The molecule has 1 aromatic carbocycles. The molecular formula is C19H21ClN2O4. The number of nitrogens with one attached hydrogen (secondary N) is 1. The van der Waals surface area contributed by atoms with Crippen LogP contribution >= 0.6 is 11.6 Å². The first-order chi connectivity index (χ1) is 12.6. The number of fused-ring (bicyclic) bond motifs is 2. The van der Waals surface area contributed by atoms with Crippen molar-refractivity contribution in [2.75, 3.05) is 19.8 Å². The van der Waals surface area contributed by atoms with E-state index in [9.17, 15) is 9.59 Å². The molecule has 1 aliphatic carbocycles. The first-order valence-electron chi connectivity index (χ1n) is 8.98. The molecule has 2 heterocycles. The lowest BCUT2D eigenvalue weighted by molar-refractivity contribution is -0.152. The van der Waals surface area contributed by atoms with E-state index in [1.54, 1.807) is 24.3 Å². The van der Waals surface area contributed by atoms with Crippen LogP contribution in [0.15, 0.2) is 24.3 Å². The Kier molecular flexibility index (Phi) is 4.87. The SMILES string of the molecule is O=C(OCC(=O)N1CCOC2CCCCC21)c1cc2cc(Cl)ccc2[nH]1. The summed E-state index contributed by atoms with van der Waals surface area (Å²) in [6, 6.07) is 7.11. The van der Waals surface area contributed by atoms with E-state index in [1.165, 1.54) is 0 Å². The highest BCUT2D eigenvalue weighted by Gasteiger charge is 2.36. The largest absolute Gasteiger partial charge is 0.451 e. The summed E-state index contributed by atoms with van der Waals surface area (Å²) in [5.41, 5.74) is 1.11. The minimum atomic E-state index is -0.542. The quantitative estimate of drug-likeness (QED) is 0.835. The summed E-state index contributed by atoms with van der Waals surface area (Å²) in [4.78, 5) is 29.7. The maximum atomic E-state index is 12.6. The third kappa shape index (κ3) is 3.44. The second-order valence-corrected chi connectivity index (χ2v) is 7.28. The van der Waals surface area contributed by atoms with E-state index < -0.39 is 5.97 Å². The number of H-pyrrole nitrogens is 1. The van der Waals surface area contributed by atoms with E-state index >= 15 is 0 Å². The lowest BCUT2D eigenvalue weighted by Gasteiger charge is -2.43. The molecule has 1 N–H and O–H groups in total. The number of carbonyl (C=O) groups is 2. The Balaban J connectivity index is 1.39. The molecule has 2 unspecified atom stereocenters. The van der Waals surface area contributed by atoms with Crippen molar-refractivity contribution in [2.24, 2.45) is 0 Å². The van der Waals surface area contributed by atoms with Crippen molar-refractivity contribution >= 4 is 34.4 Å². The van der Waals surface area contributed by atoms with Gasteiger partial charge in [-0.05, 0) is 37.1 Å². The maximum absolute atomic E-state index is 12.6. The van der Waals surface area contributed by atoms with Gasteiger partial charge in [-0.25, -0.2) is 4.79 Å². The Morgan fingerprint density at radius 3 is 3.00 bits per heavy atom. The number of aromatic nitrogens is 1. The van der Waals surface area contributed by atoms with Gasteiger partial charge in [-0.1, -0.05) is 24.4 Å². The van der Waals surface area contributed by atoms with Crippen molar-refractivity contribution in [3.63, 3.8) is 0 Å². The van der Waals surface area contributed by atoms with Crippen LogP contribution in [0.2, 0.25) is 5.02 Å². The van der Waals surface area contributed by atoms with Crippen LogP contribution in [-0.2, 0) is 14.3 Å². The number of rotatable bonds is 3. The van der Waals surface area contributed by atoms with E-state index in [1.807, 2.05) is 4.90 Å². The summed E-state index contributed by atoms with van der Waals surface area (Å²) in [5.74, 6) is -0.697. The van der Waals surface area contributed by atoms with Gasteiger partial charge in [0.2, 0.25) is 0 Å². The number of halogens is 1. The summed E-state index contributed by atoms with van der Waals surface area (Å²) < 4.78 is 11.0. The van der Waals surface area contributed by atoms with E-state index in [0.29, 0.717) is 23.9 Å². The van der Waals surface area contributed by atoms with Crippen LogP contribution in [0.5, 0.6) is 0 Å². The van der Waals surface area contributed by atoms with Gasteiger partial charge in [-0.15, -0.1) is 0 Å². The van der Waals surface area contributed by atoms with Gasteiger partial charge >= 0.3 is 5.97 Å². The fourth-order valence-electron chi connectivity index (χ4n) is 3.91. The normalized spacial score (nSPS) is 22.9. The van der Waals surface area contributed by atoms with Crippen molar-refractivity contribution in [1.82, 2.24) is 9.88 Å². The molecule has 2 atom stereocenters. The molecule has 0 spiro atoms.